The Hall–Kier alpha value is -2.08. The monoisotopic (exact) mass is 279 g/mol. The summed E-state index contributed by atoms with van der Waals surface area (Å²) in [6.45, 7) is 0.734. The van der Waals surface area contributed by atoms with Gasteiger partial charge < -0.3 is 21.5 Å². The third-order valence-electron chi connectivity index (χ3n) is 2.79. The highest BCUT2D eigenvalue weighted by molar-refractivity contribution is 5.79. The largest absolute Gasteiger partial charge is 0.445 e. The number of hydrogen-bond acceptors (Lipinski definition) is 4. The predicted octanol–water partition coefficient (Wildman–Crippen LogP) is 0.896. The Balaban J connectivity index is 2.05. The van der Waals surface area contributed by atoms with Gasteiger partial charge in [0.25, 0.3) is 0 Å². The van der Waals surface area contributed by atoms with Crippen LogP contribution in [0.3, 0.4) is 0 Å². The Morgan fingerprint density at radius 1 is 1.20 bits per heavy atom. The van der Waals surface area contributed by atoms with Gasteiger partial charge in [-0.2, -0.15) is 0 Å². The maximum absolute atomic E-state index is 11.4. The second-order valence-electron chi connectivity index (χ2n) is 4.49. The van der Waals surface area contributed by atoms with E-state index in [0.717, 1.165) is 18.4 Å². The highest BCUT2D eigenvalue weighted by atomic mass is 16.5. The van der Waals surface area contributed by atoms with Gasteiger partial charge in [0.15, 0.2) is 0 Å². The summed E-state index contributed by atoms with van der Waals surface area (Å²) in [6, 6.07) is 8.84. The third-order valence-corrected chi connectivity index (χ3v) is 2.79. The first-order valence-corrected chi connectivity index (χ1v) is 6.59. The van der Waals surface area contributed by atoms with Gasteiger partial charge in [0.2, 0.25) is 5.91 Å². The summed E-state index contributed by atoms with van der Waals surface area (Å²) in [4.78, 5) is 22.1. The lowest BCUT2D eigenvalue weighted by atomic mass is 10.1. The number of alkyl carbamates (subject to hydrolysis) is 1. The van der Waals surface area contributed by atoms with Crippen molar-refractivity contribution in [2.24, 2.45) is 11.5 Å². The molecular formula is C14H21N3O3. The lowest BCUT2D eigenvalue weighted by molar-refractivity contribution is -0.119. The number of nitrogens with two attached hydrogens (primary N) is 2. The van der Waals surface area contributed by atoms with Gasteiger partial charge in [-0.1, -0.05) is 30.3 Å². The molecule has 0 saturated heterocycles. The Bertz CT molecular complexity index is 423. The molecule has 0 aromatic heterocycles. The smallest absolute Gasteiger partial charge is 0.407 e. The molecule has 0 unspecified atom stereocenters. The summed E-state index contributed by atoms with van der Waals surface area (Å²) in [5.74, 6) is -0.500. The number of amides is 2. The van der Waals surface area contributed by atoms with Gasteiger partial charge in [-0.15, -0.1) is 0 Å². The second kappa shape index (κ2) is 8.92. The Morgan fingerprint density at radius 3 is 2.55 bits per heavy atom. The van der Waals surface area contributed by atoms with Crippen LogP contribution in [0.1, 0.15) is 24.8 Å². The van der Waals surface area contributed by atoms with Crippen LogP contribution in [0.2, 0.25) is 0 Å². The molecule has 0 heterocycles. The molecule has 20 heavy (non-hydrogen) atoms. The van der Waals surface area contributed by atoms with Crippen LogP contribution in [0, 0.1) is 0 Å². The molecule has 2 amide bonds. The first kappa shape index (κ1) is 16.0. The number of hydrogen-bond donors (Lipinski definition) is 3. The Kier molecular flexibility index (Phi) is 7.13. The predicted molar refractivity (Wildman–Crippen MR) is 75.7 cm³/mol. The van der Waals surface area contributed by atoms with E-state index in [1.165, 1.54) is 0 Å². The Labute approximate surface area is 118 Å². The summed E-state index contributed by atoms with van der Waals surface area (Å²) in [5, 5.41) is 2.64. The summed E-state index contributed by atoms with van der Waals surface area (Å²) in [7, 11) is 0. The molecule has 0 radical (unpaired) electrons. The van der Waals surface area contributed by atoms with E-state index < -0.39 is 18.0 Å². The van der Waals surface area contributed by atoms with Crippen molar-refractivity contribution in [3.8, 4) is 0 Å². The number of unbranched alkanes of at least 4 members (excludes halogenated alkanes) is 1. The van der Waals surface area contributed by atoms with Crippen molar-refractivity contribution in [3.63, 3.8) is 0 Å². The number of primary amides is 1. The van der Waals surface area contributed by atoms with E-state index in [0.29, 0.717) is 13.0 Å². The van der Waals surface area contributed by atoms with E-state index in [4.69, 9.17) is 16.2 Å². The minimum atomic E-state index is -0.611. The molecule has 0 saturated carbocycles. The lowest BCUT2D eigenvalue weighted by Crippen LogP contribution is -2.36. The van der Waals surface area contributed by atoms with Crippen molar-refractivity contribution in [1.29, 1.82) is 0 Å². The number of carbonyl (C=O) groups is 2. The summed E-state index contributed by atoms with van der Waals surface area (Å²) in [5.41, 5.74) is 11.5. The molecule has 1 aromatic carbocycles. The van der Waals surface area contributed by atoms with Crippen LogP contribution in [-0.2, 0) is 16.1 Å². The van der Waals surface area contributed by atoms with E-state index in [1.807, 2.05) is 30.3 Å². The summed E-state index contributed by atoms with van der Waals surface area (Å²) >= 11 is 0. The van der Waals surface area contributed by atoms with Crippen LogP contribution >= 0.6 is 0 Å². The lowest BCUT2D eigenvalue weighted by Gasteiger charge is -2.08. The molecule has 0 fully saturated rings. The van der Waals surface area contributed by atoms with Gasteiger partial charge >= 0.3 is 6.09 Å². The topological polar surface area (TPSA) is 107 Å². The zero-order valence-electron chi connectivity index (χ0n) is 11.4. The van der Waals surface area contributed by atoms with Gasteiger partial charge in [0, 0.05) is 6.54 Å². The van der Waals surface area contributed by atoms with Crippen molar-refractivity contribution in [1.82, 2.24) is 5.32 Å². The Morgan fingerprint density at radius 2 is 1.90 bits per heavy atom. The van der Waals surface area contributed by atoms with Gasteiger partial charge in [-0.25, -0.2) is 4.79 Å². The van der Waals surface area contributed by atoms with Crippen LogP contribution in [0.4, 0.5) is 4.79 Å². The zero-order valence-corrected chi connectivity index (χ0v) is 11.4. The van der Waals surface area contributed by atoms with Crippen molar-refractivity contribution < 1.29 is 14.3 Å². The molecule has 0 bridgehead atoms. The minimum Gasteiger partial charge on any atom is -0.445 e. The number of benzene rings is 1. The van der Waals surface area contributed by atoms with Gasteiger partial charge in [-0.05, 0) is 24.8 Å². The van der Waals surface area contributed by atoms with Crippen LogP contribution in [-0.4, -0.2) is 24.6 Å². The molecule has 0 aliphatic carbocycles. The molecule has 6 heteroatoms. The molecule has 0 aliphatic heterocycles. The summed E-state index contributed by atoms with van der Waals surface area (Å²) < 4.78 is 5.05. The fraction of sp³-hybridized carbons (Fsp3) is 0.429. The van der Waals surface area contributed by atoms with E-state index in [9.17, 15) is 9.59 Å². The van der Waals surface area contributed by atoms with Crippen molar-refractivity contribution in [2.75, 3.05) is 6.54 Å². The van der Waals surface area contributed by atoms with E-state index >= 15 is 0 Å². The first-order chi connectivity index (χ1) is 9.59. The fourth-order valence-corrected chi connectivity index (χ4v) is 1.60. The molecule has 1 aromatic rings. The van der Waals surface area contributed by atoms with Crippen LogP contribution in [0.15, 0.2) is 30.3 Å². The average molecular weight is 279 g/mol. The first-order valence-electron chi connectivity index (χ1n) is 6.59. The van der Waals surface area contributed by atoms with Gasteiger partial charge in [-0.3, -0.25) is 4.79 Å². The van der Waals surface area contributed by atoms with Crippen LogP contribution in [0.5, 0.6) is 0 Å². The number of rotatable bonds is 8. The normalized spacial score (nSPS) is 11.7. The maximum Gasteiger partial charge on any atom is 0.407 e. The molecule has 5 N–H and O–H groups in total. The average Bonchev–Trinajstić information content (AvgIpc) is 2.45. The van der Waals surface area contributed by atoms with E-state index in [1.54, 1.807) is 0 Å². The number of nitrogens with one attached hydrogen (secondary N) is 1. The van der Waals surface area contributed by atoms with Crippen molar-refractivity contribution in [2.45, 2.75) is 31.9 Å². The van der Waals surface area contributed by atoms with Gasteiger partial charge in [0.1, 0.15) is 6.61 Å². The van der Waals surface area contributed by atoms with Gasteiger partial charge in [0.05, 0.1) is 6.04 Å². The molecule has 110 valence electrons. The standard InChI is InChI=1S/C14H21N3O3/c15-12(13(16)18)8-4-5-9-17-14(19)20-10-11-6-2-1-3-7-11/h1-3,6-7,12H,4-5,8-10,15H2,(H2,16,18)(H,17,19)/t12-/m0/s1. The molecule has 0 aliphatic rings. The number of carbonyl (C=O) groups excluding carboxylic acids is 2. The fourth-order valence-electron chi connectivity index (χ4n) is 1.60. The molecule has 6 nitrogen and oxygen atoms in total. The SMILES string of the molecule is NC(=O)[C@@H](N)CCCCNC(=O)OCc1ccccc1. The van der Waals surface area contributed by atoms with Crippen LogP contribution < -0.4 is 16.8 Å². The van der Waals surface area contributed by atoms with E-state index in [2.05, 4.69) is 5.32 Å². The molecule has 1 rings (SSSR count). The summed E-state index contributed by atoms with van der Waals surface area (Å²) in [6.07, 6.45) is 1.52. The highest BCUT2D eigenvalue weighted by Crippen LogP contribution is 2.01. The molecular weight excluding hydrogens is 258 g/mol. The second-order valence-corrected chi connectivity index (χ2v) is 4.49. The zero-order chi connectivity index (χ0) is 14.8. The molecule has 0 spiro atoms. The third kappa shape index (κ3) is 6.75. The van der Waals surface area contributed by atoms with E-state index in [-0.39, 0.29) is 6.61 Å². The number of ether oxygens (including phenoxy) is 1. The maximum atomic E-state index is 11.4. The van der Waals surface area contributed by atoms with Crippen molar-refractivity contribution >= 4 is 12.0 Å². The highest BCUT2D eigenvalue weighted by Gasteiger charge is 2.08. The molecule has 1 atom stereocenters. The quantitative estimate of drug-likeness (QED) is 0.614. The minimum absolute atomic E-state index is 0.249. The van der Waals surface area contributed by atoms with Crippen molar-refractivity contribution in [3.05, 3.63) is 35.9 Å². The van der Waals surface area contributed by atoms with Crippen LogP contribution in [0.25, 0.3) is 0 Å².